The van der Waals surface area contributed by atoms with E-state index >= 15 is 0 Å². The van der Waals surface area contributed by atoms with Gasteiger partial charge >= 0.3 is 0 Å². The SMILES string of the molecule is COc1ccc(NC(=O)[C@@H]2[C@@H]3C=C[C@]4(O3)[C@@H]2C(=O)N(CCc2ccccc2)[C@H]4C(=O)N[C@@H]2CCC[C@H](C)[C@@H]2C)cc1. The number of carbonyl (C=O) groups excluding carboxylic acids is 3. The molecule has 0 aromatic heterocycles. The number of amides is 3. The Kier molecular flexibility index (Phi) is 7.36. The van der Waals surface area contributed by atoms with Crippen molar-refractivity contribution < 1.29 is 23.9 Å². The van der Waals surface area contributed by atoms with Gasteiger partial charge in [-0.2, -0.15) is 0 Å². The molecule has 3 heterocycles. The molecule has 2 aromatic carbocycles. The third-order valence-electron chi connectivity index (χ3n) is 9.80. The Morgan fingerprint density at radius 1 is 1.05 bits per heavy atom. The van der Waals surface area contributed by atoms with Crippen molar-refractivity contribution in [1.29, 1.82) is 0 Å². The zero-order chi connectivity index (χ0) is 28.7. The lowest BCUT2D eigenvalue weighted by Crippen LogP contribution is -2.58. The molecule has 2 bridgehead atoms. The van der Waals surface area contributed by atoms with E-state index in [-0.39, 0.29) is 23.8 Å². The third kappa shape index (κ3) is 4.82. The van der Waals surface area contributed by atoms with Crippen molar-refractivity contribution in [1.82, 2.24) is 10.2 Å². The average Bonchev–Trinajstić information content (AvgIpc) is 3.62. The number of rotatable bonds is 8. The lowest BCUT2D eigenvalue weighted by molar-refractivity contribution is -0.141. The fraction of sp³-hybridized carbons (Fsp3) is 0.485. The van der Waals surface area contributed by atoms with E-state index < -0.39 is 29.6 Å². The van der Waals surface area contributed by atoms with Gasteiger partial charge in [-0.25, -0.2) is 0 Å². The summed E-state index contributed by atoms with van der Waals surface area (Å²) in [6.07, 6.45) is 6.91. The number of carbonyl (C=O) groups is 3. The van der Waals surface area contributed by atoms with Gasteiger partial charge in [0.2, 0.25) is 17.7 Å². The van der Waals surface area contributed by atoms with E-state index in [0.29, 0.717) is 36.2 Å². The fourth-order valence-electron chi connectivity index (χ4n) is 7.35. The fourth-order valence-corrected chi connectivity index (χ4v) is 7.35. The van der Waals surface area contributed by atoms with Gasteiger partial charge in [-0.05, 0) is 54.5 Å². The number of nitrogens with one attached hydrogen (secondary N) is 2. The number of methoxy groups -OCH3 is 1. The highest BCUT2D eigenvalue weighted by atomic mass is 16.5. The molecule has 0 radical (unpaired) electrons. The Morgan fingerprint density at radius 3 is 2.54 bits per heavy atom. The summed E-state index contributed by atoms with van der Waals surface area (Å²) in [6.45, 7) is 4.80. The lowest BCUT2D eigenvalue weighted by atomic mass is 9.73. The van der Waals surface area contributed by atoms with Crippen molar-refractivity contribution in [3.8, 4) is 5.75 Å². The summed E-state index contributed by atoms with van der Waals surface area (Å²) in [5.41, 5.74) is 0.518. The lowest BCUT2D eigenvalue weighted by Gasteiger charge is -2.38. The molecule has 3 fully saturated rings. The van der Waals surface area contributed by atoms with Gasteiger partial charge < -0.3 is 25.0 Å². The van der Waals surface area contributed by atoms with Crippen LogP contribution in [0.2, 0.25) is 0 Å². The van der Waals surface area contributed by atoms with Crippen molar-refractivity contribution in [3.05, 3.63) is 72.3 Å². The summed E-state index contributed by atoms with van der Waals surface area (Å²) >= 11 is 0. The van der Waals surface area contributed by atoms with Crippen LogP contribution in [0, 0.1) is 23.7 Å². The number of nitrogens with zero attached hydrogens (tertiary/aromatic N) is 1. The summed E-state index contributed by atoms with van der Waals surface area (Å²) < 4.78 is 11.7. The van der Waals surface area contributed by atoms with Crippen LogP contribution >= 0.6 is 0 Å². The largest absolute Gasteiger partial charge is 0.497 e. The van der Waals surface area contributed by atoms with Crippen LogP contribution in [0.15, 0.2) is 66.7 Å². The zero-order valence-electron chi connectivity index (χ0n) is 23.9. The molecule has 2 N–H and O–H groups in total. The second-order valence-electron chi connectivity index (χ2n) is 12.1. The van der Waals surface area contributed by atoms with Crippen molar-refractivity contribution in [2.45, 2.75) is 63.3 Å². The van der Waals surface area contributed by atoms with E-state index in [2.05, 4.69) is 24.5 Å². The smallest absolute Gasteiger partial charge is 0.246 e. The molecule has 216 valence electrons. The minimum absolute atomic E-state index is 0.0459. The maximum atomic E-state index is 14.2. The maximum absolute atomic E-state index is 14.2. The van der Waals surface area contributed by atoms with Crippen LogP contribution in [0.25, 0.3) is 0 Å². The summed E-state index contributed by atoms with van der Waals surface area (Å²) in [4.78, 5) is 43.7. The minimum atomic E-state index is -1.17. The number of fused-ring (bicyclic) bond motifs is 1. The molecule has 1 spiro atoms. The molecule has 3 aliphatic heterocycles. The topological polar surface area (TPSA) is 97.0 Å². The van der Waals surface area contributed by atoms with E-state index in [9.17, 15) is 14.4 Å². The summed E-state index contributed by atoms with van der Waals surface area (Å²) in [6, 6.07) is 16.2. The number of ether oxygens (including phenoxy) is 2. The number of likely N-dealkylation sites (tertiary alicyclic amines) is 1. The van der Waals surface area contributed by atoms with Gasteiger partial charge in [0.05, 0.1) is 25.0 Å². The van der Waals surface area contributed by atoms with E-state index in [0.717, 1.165) is 24.8 Å². The van der Waals surface area contributed by atoms with Gasteiger partial charge in [0.25, 0.3) is 0 Å². The van der Waals surface area contributed by atoms with Gasteiger partial charge in [-0.15, -0.1) is 0 Å². The Bertz CT molecular complexity index is 1330. The van der Waals surface area contributed by atoms with Gasteiger partial charge in [0.15, 0.2) is 0 Å². The Morgan fingerprint density at radius 2 is 1.80 bits per heavy atom. The second-order valence-corrected chi connectivity index (χ2v) is 12.1. The second kappa shape index (κ2) is 11.0. The molecule has 8 atom stereocenters. The average molecular weight is 558 g/mol. The molecule has 3 amide bonds. The van der Waals surface area contributed by atoms with Gasteiger partial charge in [0, 0.05) is 18.3 Å². The van der Waals surface area contributed by atoms with Crippen LogP contribution in [-0.2, 0) is 25.5 Å². The summed E-state index contributed by atoms with van der Waals surface area (Å²) in [7, 11) is 1.59. The first-order valence-electron chi connectivity index (χ1n) is 14.8. The molecular formula is C33H39N3O5. The highest BCUT2D eigenvalue weighted by Crippen LogP contribution is 2.55. The van der Waals surface area contributed by atoms with E-state index in [1.54, 1.807) is 36.3 Å². The molecule has 2 saturated heterocycles. The van der Waals surface area contributed by atoms with Crippen LogP contribution < -0.4 is 15.4 Å². The molecule has 4 aliphatic rings. The molecular weight excluding hydrogens is 518 g/mol. The molecule has 6 rings (SSSR count). The molecule has 1 aliphatic carbocycles. The summed E-state index contributed by atoms with van der Waals surface area (Å²) in [5, 5.41) is 6.28. The van der Waals surface area contributed by atoms with E-state index in [1.807, 2.05) is 42.5 Å². The van der Waals surface area contributed by atoms with Crippen LogP contribution in [0.3, 0.4) is 0 Å². The molecule has 8 heteroatoms. The first-order valence-corrected chi connectivity index (χ1v) is 14.8. The van der Waals surface area contributed by atoms with Crippen LogP contribution in [0.5, 0.6) is 5.75 Å². The Labute approximate surface area is 241 Å². The molecule has 0 unspecified atom stereocenters. The minimum Gasteiger partial charge on any atom is -0.497 e. The van der Waals surface area contributed by atoms with Crippen LogP contribution in [0.1, 0.15) is 38.7 Å². The monoisotopic (exact) mass is 557 g/mol. The Hall–Kier alpha value is -3.65. The van der Waals surface area contributed by atoms with Crippen molar-refractivity contribution in [2.75, 3.05) is 19.0 Å². The summed E-state index contributed by atoms with van der Waals surface area (Å²) in [5.74, 6) is -0.647. The molecule has 41 heavy (non-hydrogen) atoms. The normalized spacial score (nSPS) is 33.5. The first kappa shape index (κ1) is 27.5. The standard InChI is InChI=1S/C33H39N3O5/c1-20-8-7-11-25(21(20)2)35-31(38)29-33-18-16-26(41-33)27(30(37)34-23-12-14-24(40-3)15-13-23)28(33)32(39)36(29)19-17-22-9-5-4-6-10-22/h4-6,9-10,12-16,18,20-21,25-29H,7-8,11,17,19H2,1-3H3,(H,34,37)(H,35,38)/t20-,21-,25+,26-,27+,28-,29-,33-/m0/s1. The van der Waals surface area contributed by atoms with Crippen LogP contribution in [-0.4, -0.2) is 60.1 Å². The highest BCUT2D eigenvalue weighted by molar-refractivity contribution is 6.02. The van der Waals surface area contributed by atoms with Crippen molar-refractivity contribution >= 4 is 23.4 Å². The first-order chi connectivity index (χ1) is 19.8. The molecule has 1 saturated carbocycles. The van der Waals surface area contributed by atoms with Gasteiger partial charge in [-0.1, -0.05) is 69.2 Å². The highest BCUT2D eigenvalue weighted by Gasteiger charge is 2.72. The number of benzene rings is 2. The van der Waals surface area contributed by atoms with Gasteiger partial charge in [-0.3, -0.25) is 14.4 Å². The zero-order valence-corrected chi connectivity index (χ0v) is 23.9. The quantitative estimate of drug-likeness (QED) is 0.479. The van der Waals surface area contributed by atoms with Crippen molar-refractivity contribution in [2.24, 2.45) is 23.7 Å². The predicted molar refractivity (Wildman–Crippen MR) is 155 cm³/mol. The molecule has 2 aromatic rings. The third-order valence-corrected chi connectivity index (χ3v) is 9.80. The van der Waals surface area contributed by atoms with Crippen molar-refractivity contribution in [3.63, 3.8) is 0 Å². The predicted octanol–water partition coefficient (Wildman–Crippen LogP) is 3.97. The van der Waals surface area contributed by atoms with E-state index in [1.165, 1.54) is 0 Å². The number of hydrogen-bond donors (Lipinski definition) is 2. The number of anilines is 1. The van der Waals surface area contributed by atoms with Crippen LogP contribution in [0.4, 0.5) is 5.69 Å². The number of hydrogen-bond acceptors (Lipinski definition) is 5. The Balaban J connectivity index is 1.28. The van der Waals surface area contributed by atoms with Gasteiger partial charge in [0.1, 0.15) is 17.4 Å². The molecule has 8 nitrogen and oxygen atoms in total. The van der Waals surface area contributed by atoms with E-state index in [4.69, 9.17) is 9.47 Å². The maximum Gasteiger partial charge on any atom is 0.246 e.